The van der Waals surface area contributed by atoms with E-state index in [1.54, 1.807) is 0 Å². The Bertz CT molecular complexity index is 805. The molecule has 1 aromatic rings. The maximum atomic E-state index is 12.5. The number of piperidine rings is 1. The molecule has 162 valence electrons. The monoisotopic (exact) mass is 526 g/mol. The van der Waals surface area contributed by atoms with Crippen molar-refractivity contribution >= 4 is 33.5 Å². The van der Waals surface area contributed by atoms with Gasteiger partial charge < -0.3 is 0 Å². The number of nitrogens with zero attached hydrogens (tertiary/aromatic N) is 1. The molecule has 0 atom stereocenters. The molecule has 3 rings (SSSR count). The van der Waals surface area contributed by atoms with Gasteiger partial charge in [0.15, 0.2) is 0 Å². The number of ketones is 1. The van der Waals surface area contributed by atoms with Gasteiger partial charge in [-0.05, 0) is 0 Å². The molecule has 5 nitrogen and oxygen atoms in total. The fourth-order valence-electron chi connectivity index (χ4n) is 4.35. The number of esters is 1. The van der Waals surface area contributed by atoms with Crippen molar-refractivity contribution in [3.05, 3.63) is 44.8 Å². The molecule has 2 N–H and O–H groups in total. The maximum absolute atomic E-state index is 12.5. The van der Waals surface area contributed by atoms with Gasteiger partial charge in [-0.3, -0.25) is 0 Å². The first-order valence-electron chi connectivity index (χ1n) is 10.3. The van der Waals surface area contributed by atoms with Crippen LogP contribution in [-0.2, 0) is 20.9 Å². The molecule has 0 spiro atoms. The van der Waals surface area contributed by atoms with E-state index in [0.29, 0.717) is 15.8 Å². The van der Waals surface area contributed by atoms with E-state index in [0.717, 1.165) is 48.5 Å². The molecule has 9 heteroatoms. The van der Waals surface area contributed by atoms with Crippen molar-refractivity contribution in [2.45, 2.75) is 48.5 Å². The number of allylic oxidation sites excluding steroid dienone is 1. The standard InChI is InChI=1S/C12H17N2.C9H9F3O3.In/c13-9-10-2-1-3-12(8-10)11-4-6-14-7-5-11;1-2-3-4-5-7(13)6-15-8(14)9(10,11)12;/h1-3,8,11H,4-7,9,13H2;4H,1-3,6H2;/q-1;;+1. The average molecular weight is 526 g/mol. The quantitative estimate of drug-likeness (QED) is 0.577. The molecule has 2 aliphatic heterocycles. The molecule has 1 fully saturated rings. The van der Waals surface area contributed by atoms with Crippen molar-refractivity contribution in [2.75, 3.05) is 19.7 Å². The molecule has 0 radical (unpaired) electrons. The number of halogens is 3. The van der Waals surface area contributed by atoms with Gasteiger partial charge in [0.05, 0.1) is 0 Å². The van der Waals surface area contributed by atoms with E-state index in [9.17, 15) is 22.8 Å². The zero-order chi connectivity index (χ0) is 21.7. The van der Waals surface area contributed by atoms with Crippen LogP contribution in [0.1, 0.15) is 42.7 Å². The van der Waals surface area contributed by atoms with E-state index < -0.39 is 46.3 Å². The SMILES string of the molecule is NCc1cccc(C2CC[N]([In]3[CH2]CCC=[C]3C(=O)COC(=O)C(F)(F)F)CC2)c1. The van der Waals surface area contributed by atoms with Gasteiger partial charge in [-0.1, -0.05) is 0 Å². The van der Waals surface area contributed by atoms with Gasteiger partial charge in [0, 0.05) is 0 Å². The summed E-state index contributed by atoms with van der Waals surface area (Å²) >= 11 is -2.61. The Morgan fingerprint density at radius 2 is 1.97 bits per heavy atom. The van der Waals surface area contributed by atoms with Crippen LogP contribution in [0, 0.1) is 0 Å². The van der Waals surface area contributed by atoms with Gasteiger partial charge in [-0.2, -0.15) is 0 Å². The number of alkyl halides is 3. The Kier molecular flexibility index (Phi) is 8.04. The minimum atomic E-state index is -5.08. The summed E-state index contributed by atoms with van der Waals surface area (Å²) in [5.74, 6) is -2.30. The molecule has 2 aliphatic rings. The van der Waals surface area contributed by atoms with Crippen LogP contribution in [0.5, 0.6) is 0 Å². The molecular weight excluding hydrogens is 500 g/mol. The predicted octanol–water partition coefficient (Wildman–Crippen LogP) is 3.25. The molecule has 0 aromatic heterocycles. The summed E-state index contributed by atoms with van der Waals surface area (Å²) in [6.07, 6.45) is 0.554. The molecular formula is C21H26F3InN2O3. The van der Waals surface area contributed by atoms with Crippen LogP contribution in [0.3, 0.4) is 0 Å². The normalized spacial score (nSPS) is 18.8. The second-order valence-electron chi connectivity index (χ2n) is 7.86. The Labute approximate surface area is 182 Å². The van der Waals surface area contributed by atoms with Crippen molar-refractivity contribution in [1.29, 1.82) is 0 Å². The van der Waals surface area contributed by atoms with Crippen molar-refractivity contribution < 1.29 is 27.5 Å². The summed E-state index contributed by atoms with van der Waals surface area (Å²) in [6, 6.07) is 8.35. The first kappa shape index (κ1) is 23.3. The zero-order valence-corrected chi connectivity index (χ0v) is 20.1. The van der Waals surface area contributed by atoms with Gasteiger partial charge in [-0.15, -0.1) is 0 Å². The molecule has 0 unspecified atom stereocenters. The van der Waals surface area contributed by atoms with E-state index in [-0.39, 0.29) is 0 Å². The zero-order valence-electron chi connectivity index (χ0n) is 16.8. The number of Topliss-reactive ketones (excluding diaryl/α,β-unsaturated/α-hetero) is 1. The first-order valence-corrected chi connectivity index (χ1v) is 15.7. The number of ether oxygens (including phenoxy) is 1. The Morgan fingerprint density at radius 1 is 1.23 bits per heavy atom. The third-order valence-corrected chi connectivity index (χ3v) is 16.3. The summed E-state index contributed by atoms with van der Waals surface area (Å²) in [4.78, 5) is 23.5. The van der Waals surface area contributed by atoms with Crippen LogP contribution in [-0.4, -0.2) is 62.2 Å². The molecule has 30 heavy (non-hydrogen) atoms. The molecule has 1 aromatic carbocycles. The van der Waals surface area contributed by atoms with Crippen LogP contribution in [0.2, 0.25) is 4.18 Å². The summed E-state index contributed by atoms with van der Waals surface area (Å²) in [7, 11) is 0. The average Bonchev–Trinajstić information content (AvgIpc) is 2.76. The van der Waals surface area contributed by atoms with E-state index in [2.05, 4.69) is 19.8 Å². The number of carbonyl (C=O) groups is 2. The number of nitrogens with two attached hydrogens (primary N) is 1. The van der Waals surface area contributed by atoms with Gasteiger partial charge in [0.2, 0.25) is 0 Å². The van der Waals surface area contributed by atoms with E-state index in [1.807, 2.05) is 18.2 Å². The number of carbonyl (C=O) groups excluding carboxylic acids is 2. The predicted molar refractivity (Wildman–Crippen MR) is 108 cm³/mol. The van der Waals surface area contributed by atoms with Gasteiger partial charge >= 0.3 is 183 Å². The van der Waals surface area contributed by atoms with E-state index >= 15 is 0 Å². The van der Waals surface area contributed by atoms with E-state index in [1.165, 1.54) is 5.56 Å². The van der Waals surface area contributed by atoms with Crippen LogP contribution >= 0.6 is 0 Å². The van der Waals surface area contributed by atoms with Crippen molar-refractivity contribution in [1.82, 2.24) is 2.89 Å². The molecule has 0 bridgehead atoms. The van der Waals surface area contributed by atoms with Crippen molar-refractivity contribution in [3.63, 3.8) is 0 Å². The van der Waals surface area contributed by atoms with Gasteiger partial charge in [0.25, 0.3) is 0 Å². The van der Waals surface area contributed by atoms with Crippen LogP contribution in [0.25, 0.3) is 0 Å². The Balaban J connectivity index is 1.59. The van der Waals surface area contributed by atoms with Gasteiger partial charge in [-0.25, -0.2) is 0 Å². The topological polar surface area (TPSA) is 72.6 Å². The third-order valence-electron chi connectivity index (χ3n) is 5.92. The van der Waals surface area contributed by atoms with Crippen molar-refractivity contribution in [2.24, 2.45) is 5.73 Å². The number of benzene rings is 1. The third kappa shape index (κ3) is 5.88. The number of rotatable bonds is 6. The fourth-order valence-corrected chi connectivity index (χ4v) is 14.4. The number of hydrogen-bond acceptors (Lipinski definition) is 5. The second-order valence-corrected chi connectivity index (χ2v) is 16.3. The Morgan fingerprint density at radius 3 is 2.63 bits per heavy atom. The van der Waals surface area contributed by atoms with E-state index in [4.69, 9.17) is 5.73 Å². The van der Waals surface area contributed by atoms with Gasteiger partial charge in [0.1, 0.15) is 0 Å². The van der Waals surface area contributed by atoms with Crippen LogP contribution in [0.4, 0.5) is 13.2 Å². The van der Waals surface area contributed by atoms with Crippen LogP contribution in [0.15, 0.2) is 33.7 Å². The molecule has 0 amide bonds. The molecule has 1 saturated heterocycles. The minimum absolute atomic E-state index is 0.453. The van der Waals surface area contributed by atoms with Crippen molar-refractivity contribution in [3.8, 4) is 0 Å². The molecule has 0 aliphatic carbocycles. The Hall–Kier alpha value is -1.32. The summed E-state index contributed by atoms with van der Waals surface area (Å²) in [5, 5.41) is 0. The summed E-state index contributed by atoms with van der Waals surface area (Å²) in [5.41, 5.74) is 8.16. The summed E-state index contributed by atoms with van der Waals surface area (Å²) < 4.78 is 45.3. The number of hydrogen-bond donors (Lipinski definition) is 1. The first-order chi connectivity index (χ1) is 14.3. The second kappa shape index (κ2) is 10.3. The van der Waals surface area contributed by atoms with Crippen LogP contribution < -0.4 is 5.73 Å². The fraction of sp³-hybridized carbons (Fsp3) is 0.524. The summed E-state index contributed by atoms with van der Waals surface area (Å²) in [6.45, 7) is 1.48. The molecule has 0 saturated carbocycles. The molecule has 2 heterocycles.